The molecule has 0 atom stereocenters. The van der Waals surface area contributed by atoms with Crippen LogP contribution in [0.25, 0.3) is 33.5 Å². The number of aromatic nitrogens is 2. The molecule has 204 valence electrons. The first-order chi connectivity index (χ1) is 20.4. The molecule has 0 aliphatic carbocycles. The number of rotatable bonds is 7. The summed E-state index contributed by atoms with van der Waals surface area (Å²) in [6.45, 7) is -0.0975. The summed E-state index contributed by atoms with van der Waals surface area (Å²) in [4.78, 5) is 29.6. The molecule has 2 aromatic heterocycles. The van der Waals surface area contributed by atoms with Gasteiger partial charge in [0.15, 0.2) is 5.76 Å². The third kappa shape index (κ3) is 4.96. The summed E-state index contributed by atoms with van der Waals surface area (Å²) in [5, 5.41) is 27.3. The monoisotopic (exact) mass is 575 g/mol. The Balaban J connectivity index is 1.48. The van der Waals surface area contributed by atoms with Gasteiger partial charge < -0.3 is 9.15 Å². The van der Waals surface area contributed by atoms with Gasteiger partial charge in [-0.05, 0) is 48.5 Å². The summed E-state index contributed by atoms with van der Waals surface area (Å²) < 4.78 is 13.0. The lowest BCUT2D eigenvalue weighted by Crippen LogP contribution is -2.20. The lowest BCUT2D eigenvalue weighted by molar-refractivity contribution is -0.385. The average molecular weight is 576 g/mol. The van der Waals surface area contributed by atoms with Crippen molar-refractivity contribution in [3.05, 3.63) is 133 Å². The number of nitrogens with zero attached hydrogens (tertiary/aromatic N) is 5. The predicted molar refractivity (Wildman–Crippen MR) is 158 cm³/mol. The molecule has 0 aliphatic heterocycles. The lowest BCUT2D eigenvalue weighted by Gasteiger charge is -2.11. The smallest absolute Gasteiger partial charge is 0.311 e. The van der Waals surface area contributed by atoms with Crippen LogP contribution in [0.1, 0.15) is 16.7 Å². The zero-order valence-electron chi connectivity index (χ0n) is 21.6. The first kappa shape index (κ1) is 26.4. The van der Waals surface area contributed by atoms with Crippen LogP contribution in [0.5, 0.6) is 5.75 Å². The highest BCUT2D eigenvalue weighted by Gasteiger charge is 2.20. The Bertz CT molecular complexity index is 2140. The molecule has 0 radical (unpaired) electrons. The molecule has 4 aromatic carbocycles. The molecular formula is C31H18ClN5O5. The maximum Gasteiger partial charge on any atom is 0.311 e. The molecule has 0 amide bonds. The van der Waals surface area contributed by atoms with Crippen molar-refractivity contribution in [1.29, 1.82) is 5.26 Å². The highest BCUT2D eigenvalue weighted by Crippen LogP contribution is 2.32. The molecule has 0 aliphatic rings. The number of hydrogen-bond donors (Lipinski definition) is 0. The number of ether oxygens (including phenoxy) is 1. The second-order valence-electron chi connectivity index (χ2n) is 9.12. The molecule has 0 saturated heterocycles. The maximum absolute atomic E-state index is 13.6. The standard InChI is InChI=1S/C31H18ClN5O5/c32-23-12-13-27-22(14-23)15-28(42-27)30-35-25-10-4-3-9-24(25)31(38)36(30)34-17-20-8-5-11-26(37(39)40)29(20)41-18-21-7-2-1-6-19(21)16-33/h1-15,17H,18H2. The number of nitriles is 1. The van der Waals surface area contributed by atoms with E-state index in [0.29, 0.717) is 38.0 Å². The zero-order chi connectivity index (χ0) is 29.2. The van der Waals surface area contributed by atoms with Crippen molar-refractivity contribution in [3.8, 4) is 23.4 Å². The molecule has 10 nitrogen and oxygen atoms in total. The van der Waals surface area contributed by atoms with Gasteiger partial charge in [0.05, 0.1) is 33.7 Å². The summed E-state index contributed by atoms with van der Waals surface area (Å²) in [6.07, 6.45) is 1.29. The van der Waals surface area contributed by atoms with Crippen LogP contribution in [-0.2, 0) is 6.61 Å². The zero-order valence-corrected chi connectivity index (χ0v) is 22.4. The Kier molecular flexibility index (Phi) is 6.92. The molecule has 0 spiro atoms. The van der Waals surface area contributed by atoms with E-state index in [2.05, 4.69) is 16.2 Å². The van der Waals surface area contributed by atoms with E-state index >= 15 is 0 Å². The third-order valence-electron chi connectivity index (χ3n) is 6.50. The number of fused-ring (bicyclic) bond motifs is 2. The average Bonchev–Trinajstić information content (AvgIpc) is 3.42. The minimum Gasteiger partial charge on any atom is -0.481 e. The van der Waals surface area contributed by atoms with Gasteiger partial charge in [-0.25, -0.2) is 4.98 Å². The van der Waals surface area contributed by atoms with Crippen LogP contribution in [0, 0.1) is 21.4 Å². The van der Waals surface area contributed by atoms with Crippen LogP contribution in [0.2, 0.25) is 5.02 Å². The van der Waals surface area contributed by atoms with E-state index in [-0.39, 0.29) is 35.2 Å². The van der Waals surface area contributed by atoms with Crippen LogP contribution in [-0.4, -0.2) is 20.8 Å². The lowest BCUT2D eigenvalue weighted by atomic mass is 10.1. The number of furan rings is 1. The van der Waals surface area contributed by atoms with Crippen molar-refractivity contribution in [2.75, 3.05) is 0 Å². The maximum atomic E-state index is 13.6. The second-order valence-corrected chi connectivity index (χ2v) is 9.55. The molecule has 2 heterocycles. The van der Waals surface area contributed by atoms with Gasteiger partial charge in [0.25, 0.3) is 5.56 Å². The fraction of sp³-hybridized carbons (Fsp3) is 0.0323. The molecule has 0 fully saturated rings. The van der Waals surface area contributed by atoms with Gasteiger partial charge in [0.1, 0.15) is 12.2 Å². The normalized spacial score (nSPS) is 11.2. The van der Waals surface area contributed by atoms with Crippen LogP contribution in [0.3, 0.4) is 0 Å². The van der Waals surface area contributed by atoms with Crippen molar-refractivity contribution in [1.82, 2.24) is 9.66 Å². The van der Waals surface area contributed by atoms with E-state index < -0.39 is 10.5 Å². The van der Waals surface area contributed by atoms with Gasteiger partial charge in [-0.2, -0.15) is 15.0 Å². The minimum absolute atomic E-state index is 0.0688. The molecule has 6 rings (SSSR count). The summed E-state index contributed by atoms with van der Waals surface area (Å²) in [6, 6.07) is 26.9. The van der Waals surface area contributed by atoms with Gasteiger partial charge in [0, 0.05) is 27.6 Å². The van der Waals surface area contributed by atoms with E-state index in [1.54, 1.807) is 78.9 Å². The van der Waals surface area contributed by atoms with Gasteiger partial charge in [-0.1, -0.05) is 48.0 Å². The van der Waals surface area contributed by atoms with Crippen molar-refractivity contribution >= 4 is 45.4 Å². The van der Waals surface area contributed by atoms with Gasteiger partial charge >= 0.3 is 5.69 Å². The van der Waals surface area contributed by atoms with Crippen LogP contribution in [0.4, 0.5) is 5.69 Å². The number of para-hydroxylation sites is 2. The van der Waals surface area contributed by atoms with E-state index in [1.165, 1.54) is 18.3 Å². The van der Waals surface area contributed by atoms with Crippen LogP contribution >= 0.6 is 11.6 Å². The second kappa shape index (κ2) is 11.0. The Labute approximate surface area is 242 Å². The van der Waals surface area contributed by atoms with E-state index in [1.807, 2.05) is 0 Å². The Hall–Kier alpha value is -5.79. The Morgan fingerprint density at radius 1 is 1.07 bits per heavy atom. The van der Waals surface area contributed by atoms with E-state index in [0.717, 1.165) is 4.68 Å². The van der Waals surface area contributed by atoms with Gasteiger partial charge in [-0.15, -0.1) is 0 Å². The summed E-state index contributed by atoms with van der Waals surface area (Å²) in [5.41, 5.74) is 1.39. The van der Waals surface area contributed by atoms with Crippen LogP contribution < -0.4 is 10.3 Å². The summed E-state index contributed by atoms with van der Waals surface area (Å²) in [7, 11) is 0. The quantitative estimate of drug-likeness (QED) is 0.117. The van der Waals surface area contributed by atoms with Crippen molar-refractivity contribution in [3.63, 3.8) is 0 Å². The summed E-state index contributed by atoms with van der Waals surface area (Å²) >= 11 is 6.15. The summed E-state index contributed by atoms with van der Waals surface area (Å²) in [5.74, 6) is 0.328. The molecule has 6 aromatic rings. The van der Waals surface area contributed by atoms with Crippen molar-refractivity contribution in [2.24, 2.45) is 5.10 Å². The van der Waals surface area contributed by atoms with Crippen molar-refractivity contribution in [2.45, 2.75) is 6.61 Å². The van der Waals surface area contributed by atoms with Crippen LogP contribution in [0.15, 0.2) is 105 Å². The molecule has 0 N–H and O–H groups in total. The topological polar surface area (TPSA) is 137 Å². The van der Waals surface area contributed by atoms with E-state index in [9.17, 15) is 20.2 Å². The third-order valence-corrected chi connectivity index (χ3v) is 6.73. The molecule has 0 saturated carbocycles. The predicted octanol–water partition coefficient (Wildman–Crippen LogP) is 6.70. The fourth-order valence-corrected chi connectivity index (χ4v) is 4.67. The highest BCUT2D eigenvalue weighted by atomic mass is 35.5. The molecule has 11 heteroatoms. The first-order valence-corrected chi connectivity index (χ1v) is 12.9. The Morgan fingerprint density at radius 2 is 1.88 bits per heavy atom. The fourth-order valence-electron chi connectivity index (χ4n) is 4.48. The first-order valence-electron chi connectivity index (χ1n) is 12.6. The van der Waals surface area contributed by atoms with Crippen molar-refractivity contribution < 1.29 is 14.1 Å². The number of benzene rings is 4. The largest absolute Gasteiger partial charge is 0.481 e. The molecule has 42 heavy (non-hydrogen) atoms. The number of hydrogen-bond acceptors (Lipinski definition) is 8. The number of halogens is 1. The van der Waals surface area contributed by atoms with Gasteiger partial charge in [-0.3, -0.25) is 14.9 Å². The van der Waals surface area contributed by atoms with Gasteiger partial charge in [0.2, 0.25) is 11.6 Å². The highest BCUT2D eigenvalue weighted by molar-refractivity contribution is 6.31. The van der Waals surface area contributed by atoms with E-state index in [4.69, 9.17) is 20.8 Å². The Morgan fingerprint density at radius 3 is 2.71 bits per heavy atom. The SMILES string of the molecule is N#Cc1ccccc1COc1c(C=Nn2c(-c3cc4cc(Cl)ccc4o3)nc3ccccc3c2=O)cccc1[N+](=O)[O-]. The molecule has 0 unspecified atom stereocenters. The molecule has 0 bridgehead atoms. The number of nitro groups is 1. The number of nitro benzene ring substituents is 1. The minimum atomic E-state index is -0.572. The molecular weight excluding hydrogens is 558 g/mol.